The van der Waals surface area contributed by atoms with E-state index in [1.54, 1.807) is 13.1 Å². The molecule has 0 radical (unpaired) electrons. The highest BCUT2D eigenvalue weighted by Crippen LogP contribution is 2.38. The summed E-state index contributed by atoms with van der Waals surface area (Å²) in [5, 5.41) is 6.28. The molecule has 3 rings (SSSR count). The lowest BCUT2D eigenvalue weighted by atomic mass is 9.77. The van der Waals surface area contributed by atoms with E-state index in [0.717, 1.165) is 44.7 Å². The van der Waals surface area contributed by atoms with Crippen LogP contribution in [0.15, 0.2) is 18.2 Å². The molecule has 0 atom stereocenters. The smallest absolute Gasteiger partial charge is 0.240 e. The van der Waals surface area contributed by atoms with E-state index >= 15 is 0 Å². The lowest BCUT2D eigenvalue weighted by molar-refractivity contribution is -0.131. The van der Waals surface area contributed by atoms with Gasteiger partial charge < -0.3 is 15.4 Å². The van der Waals surface area contributed by atoms with Crippen molar-refractivity contribution in [2.75, 3.05) is 26.8 Å². The molecule has 6 heteroatoms. The Hall–Kier alpha value is -1.53. The molecule has 1 aromatic rings. The maximum absolute atomic E-state index is 14.0. The fourth-order valence-electron chi connectivity index (χ4n) is 4.55. The van der Waals surface area contributed by atoms with Crippen LogP contribution in [0.1, 0.15) is 56.4 Å². The van der Waals surface area contributed by atoms with Crippen LogP contribution < -0.4 is 10.6 Å². The second-order valence-corrected chi connectivity index (χ2v) is 7.87. The molecule has 1 heterocycles. The van der Waals surface area contributed by atoms with Crippen LogP contribution in [0.2, 0.25) is 0 Å². The first-order chi connectivity index (χ1) is 13.0. The third-order valence-corrected chi connectivity index (χ3v) is 6.27. The van der Waals surface area contributed by atoms with E-state index in [0.29, 0.717) is 37.5 Å². The molecular weight excluding hydrogens is 350 g/mol. The molecule has 2 fully saturated rings. The van der Waals surface area contributed by atoms with Gasteiger partial charge in [-0.15, -0.1) is 0 Å². The maximum atomic E-state index is 14.0. The average molecular weight is 380 g/mol. The molecular formula is C21H30F2N2O2. The van der Waals surface area contributed by atoms with Crippen LogP contribution in [0.5, 0.6) is 0 Å². The van der Waals surface area contributed by atoms with Gasteiger partial charge in [0.2, 0.25) is 5.91 Å². The van der Waals surface area contributed by atoms with Crippen molar-refractivity contribution in [3.05, 3.63) is 35.4 Å². The number of likely N-dealkylation sites (N-methyl/N-ethyl adjacent to an activating group) is 1. The lowest BCUT2D eigenvalue weighted by Gasteiger charge is -2.37. The summed E-state index contributed by atoms with van der Waals surface area (Å²) in [5.41, 5.74) is 0.135. The summed E-state index contributed by atoms with van der Waals surface area (Å²) in [6.07, 6.45) is 6.35. The van der Waals surface area contributed by atoms with E-state index in [9.17, 15) is 13.6 Å². The summed E-state index contributed by atoms with van der Waals surface area (Å²) < 4.78 is 32.5. The van der Waals surface area contributed by atoms with Gasteiger partial charge in [0.05, 0.1) is 0 Å². The molecule has 1 amide bonds. The number of carbonyl (C=O) groups is 1. The van der Waals surface area contributed by atoms with Crippen LogP contribution in [0.3, 0.4) is 0 Å². The van der Waals surface area contributed by atoms with E-state index in [-0.39, 0.29) is 11.8 Å². The summed E-state index contributed by atoms with van der Waals surface area (Å²) in [5.74, 6) is -0.135. The van der Waals surface area contributed by atoms with Crippen molar-refractivity contribution in [2.45, 2.75) is 56.4 Å². The molecule has 1 aliphatic carbocycles. The second-order valence-electron chi connectivity index (χ2n) is 7.87. The summed E-state index contributed by atoms with van der Waals surface area (Å²) in [7, 11) is 1.68. The van der Waals surface area contributed by atoms with Gasteiger partial charge in [-0.05, 0) is 75.0 Å². The minimum Gasteiger partial charge on any atom is -0.381 e. The van der Waals surface area contributed by atoms with Crippen molar-refractivity contribution in [1.82, 2.24) is 10.6 Å². The van der Waals surface area contributed by atoms with Crippen molar-refractivity contribution >= 4 is 5.91 Å². The van der Waals surface area contributed by atoms with Crippen LogP contribution in [-0.2, 0) is 9.53 Å². The molecule has 2 N–H and O–H groups in total. The van der Waals surface area contributed by atoms with Crippen LogP contribution in [-0.4, -0.2) is 38.3 Å². The van der Waals surface area contributed by atoms with E-state index in [2.05, 4.69) is 10.6 Å². The monoisotopic (exact) mass is 380 g/mol. The minimum atomic E-state index is -0.519. The Labute approximate surface area is 160 Å². The molecule has 4 nitrogen and oxygen atoms in total. The Balaban J connectivity index is 1.47. The minimum absolute atomic E-state index is 0.0429. The van der Waals surface area contributed by atoms with Gasteiger partial charge in [-0.1, -0.05) is 6.07 Å². The molecule has 1 saturated carbocycles. The Morgan fingerprint density at radius 2 is 1.89 bits per heavy atom. The number of halogens is 2. The Morgan fingerprint density at radius 1 is 1.19 bits per heavy atom. The molecule has 0 unspecified atom stereocenters. The number of amides is 1. The van der Waals surface area contributed by atoms with Crippen molar-refractivity contribution in [3.8, 4) is 0 Å². The van der Waals surface area contributed by atoms with E-state index in [4.69, 9.17) is 4.74 Å². The van der Waals surface area contributed by atoms with Crippen LogP contribution in [0.25, 0.3) is 0 Å². The number of hydrogen-bond donors (Lipinski definition) is 2. The van der Waals surface area contributed by atoms with Gasteiger partial charge in [-0.2, -0.15) is 0 Å². The van der Waals surface area contributed by atoms with Crippen molar-refractivity contribution in [3.63, 3.8) is 0 Å². The second kappa shape index (κ2) is 9.11. The Kier molecular flexibility index (Phi) is 6.82. The van der Waals surface area contributed by atoms with Crippen LogP contribution in [0, 0.1) is 17.6 Å². The molecule has 27 heavy (non-hydrogen) atoms. The molecule has 0 aromatic heterocycles. The molecule has 1 aliphatic heterocycles. The first-order valence-corrected chi connectivity index (χ1v) is 10.0. The predicted molar refractivity (Wildman–Crippen MR) is 101 cm³/mol. The Morgan fingerprint density at radius 3 is 2.52 bits per heavy atom. The highest BCUT2D eigenvalue weighted by atomic mass is 19.1. The molecule has 0 bridgehead atoms. The molecule has 150 valence electrons. The van der Waals surface area contributed by atoms with Crippen LogP contribution >= 0.6 is 0 Å². The predicted octanol–water partition coefficient (Wildman–Crippen LogP) is 3.51. The summed E-state index contributed by atoms with van der Waals surface area (Å²) in [6, 6.07) is 3.92. The van der Waals surface area contributed by atoms with Crippen molar-refractivity contribution < 1.29 is 18.3 Å². The number of carbonyl (C=O) groups excluding carboxylic acids is 1. The highest BCUT2D eigenvalue weighted by molar-refractivity contribution is 5.86. The van der Waals surface area contributed by atoms with Crippen LogP contribution in [0.4, 0.5) is 8.78 Å². The van der Waals surface area contributed by atoms with E-state index in [1.807, 2.05) is 0 Å². The maximum Gasteiger partial charge on any atom is 0.240 e. The third kappa shape index (κ3) is 4.85. The van der Waals surface area contributed by atoms with Gasteiger partial charge in [0.15, 0.2) is 0 Å². The SMILES string of the molecule is CNC(=O)C1(NCCC2CCC(c3ccc(F)cc3F)CC2)CCOCC1. The van der Waals surface area contributed by atoms with E-state index < -0.39 is 17.2 Å². The molecule has 0 spiro atoms. The van der Waals surface area contributed by atoms with Gasteiger partial charge >= 0.3 is 0 Å². The summed E-state index contributed by atoms with van der Waals surface area (Å²) in [6.45, 7) is 2.01. The number of benzene rings is 1. The number of rotatable bonds is 6. The van der Waals surface area contributed by atoms with Crippen molar-refractivity contribution in [2.24, 2.45) is 5.92 Å². The normalized spacial score (nSPS) is 25.1. The van der Waals surface area contributed by atoms with Gasteiger partial charge in [0, 0.05) is 26.3 Å². The Bertz CT molecular complexity index is 639. The topological polar surface area (TPSA) is 50.4 Å². The summed E-state index contributed by atoms with van der Waals surface area (Å²) in [4.78, 5) is 12.3. The highest BCUT2D eigenvalue weighted by Gasteiger charge is 2.39. The lowest BCUT2D eigenvalue weighted by Crippen LogP contribution is -2.59. The average Bonchev–Trinajstić information content (AvgIpc) is 2.69. The third-order valence-electron chi connectivity index (χ3n) is 6.27. The zero-order valence-electron chi connectivity index (χ0n) is 16.0. The molecule has 2 aliphatic rings. The summed E-state index contributed by atoms with van der Waals surface area (Å²) >= 11 is 0. The largest absolute Gasteiger partial charge is 0.381 e. The number of nitrogens with one attached hydrogen (secondary N) is 2. The van der Waals surface area contributed by atoms with Gasteiger partial charge in [0.1, 0.15) is 17.2 Å². The molecule has 1 aromatic carbocycles. The number of hydrogen-bond acceptors (Lipinski definition) is 3. The van der Waals surface area contributed by atoms with Gasteiger partial charge in [0.25, 0.3) is 0 Å². The van der Waals surface area contributed by atoms with E-state index in [1.165, 1.54) is 6.07 Å². The number of ether oxygens (including phenoxy) is 1. The first-order valence-electron chi connectivity index (χ1n) is 10.0. The first kappa shape index (κ1) is 20.2. The zero-order chi connectivity index (χ0) is 19.3. The molecule has 1 saturated heterocycles. The van der Waals surface area contributed by atoms with Gasteiger partial charge in [-0.3, -0.25) is 4.79 Å². The zero-order valence-corrected chi connectivity index (χ0v) is 16.0. The van der Waals surface area contributed by atoms with Gasteiger partial charge in [-0.25, -0.2) is 8.78 Å². The quantitative estimate of drug-likeness (QED) is 0.794. The standard InChI is InChI=1S/C21H30F2N2O2/c1-24-20(26)21(9-12-27-13-10-21)25-11-8-15-2-4-16(5-3-15)18-7-6-17(22)14-19(18)23/h6-7,14-16,25H,2-5,8-13H2,1H3,(H,24,26). The fourth-order valence-corrected chi connectivity index (χ4v) is 4.55. The van der Waals surface area contributed by atoms with Crippen molar-refractivity contribution in [1.29, 1.82) is 0 Å². The fraction of sp³-hybridized carbons (Fsp3) is 0.667.